The lowest BCUT2D eigenvalue weighted by Gasteiger charge is -2.37. The minimum atomic E-state index is -1.40. The van der Waals surface area contributed by atoms with Crippen molar-refractivity contribution in [2.75, 3.05) is 7.11 Å². The molecule has 0 aromatic heterocycles. The number of carbonyl (C=O) groups excluding carboxylic acids is 4. The highest BCUT2D eigenvalue weighted by Gasteiger charge is 2.42. The number of rotatable bonds is 14. The van der Waals surface area contributed by atoms with Gasteiger partial charge in [-0.1, -0.05) is 44.2 Å². The summed E-state index contributed by atoms with van der Waals surface area (Å²) in [5.74, 6) is -2.60. The van der Waals surface area contributed by atoms with Crippen LogP contribution in [0, 0.1) is 12.3 Å². The van der Waals surface area contributed by atoms with E-state index in [1.54, 1.807) is 27.0 Å². The molecule has 0 saturated carbocycles. The molecule has 1 fully saturated rings. The Morgan fingerprint density at radius 2 is 1.64 bits per heavy atom. The maximum absolute atomic E-state index is 12.9. The summed E-state index contributed by atoms with van der Waals surface area (Å²) in [7, 11) is 1.57. The molecule has 1 heterocycles. The van der Waals surface area contributed by atoms with Crippen molar-refractivity contribution in [2.45, 2.75) is 118 Å². The first-order valence-corrected chi connectivity index (χ1v) is 17.6. The molecule has 12 nitrogen and oxygen atoms in total. The maximum Gasteiger partial charge on any atom is 0.328 e. The molecule has 288 valence electrons. The van der Waals surface area contributed by atoms with E-state index in [9.17, 15) is 29.1 Å². The molecular formula is C41H53NO11. The molecule has 2 N–H and O–H groups in total. The molecule has 12 heteroatoms. The minimum Gasteiger partial charge on any atom is -0.496 e. The van der Waals surface area contributed by atoms with Crippen molar-refractivity contribution >= 4 is 35.9 Å². The summed E-state index contributed by atoms with van der Waals surface area (Å²) in [5.41, 5.74) is 3.39. The van der Waals surface area contributed by atoms with Gasteiger partial charge in [-0.25, -0.2) is 4.79 Å². The van der Waals surface area contributed by atoms with Crippen molar-refractivity contribution in [3.63, 3.8) is 0 Å². The highest BCUT2D eigenvalue weighted by atomic mass is 16.6. The second-order valence-electron chi connectivity index (χ2n) is 14.6. The predicted octanol–water partition coefficient (Wildman–Crippen LogP) is 6.86. The highest BCUT2D eigenvalue weighted by Crippen LogP contribution is 2.43. The normalized spacial score (nSPS) is 18.8. The summed E-state index contributed by atoms with van der Waals surface area (Å²) in [6.45, 7) is 16.3. The Morgan fingerprint density at radius 3 is 2.19 bits per heavy atom. The van der Waals surface area contributed by atoms with E-state index in [1.165, 1.54) is 34.6 Å². The van der Waals surface area contributed by atoms with Gasteiger partial charge in [0.2, 0.25) is 5.91 Å². The number of hydrogen-bond donors (Lipinski definition) is 2. The summed E-state index contributed by atoms with van der Waals surface area (Å²) in [6.07, 6.45) is 3.43. The summed E-state index contributed by atoms with van der Waals surface area (Å²) < 4.78 is 28.4. The van der Waals surface area contributed by atoms with Gasteiger partial charge in [0.15, 0.2) is 11.9 Å². The Balaban J connectivity index is 2.04. The van der Waals surface area contributed by atoms with Gasteiger partial charge in [0.05, 0.1) is 12.5 Å². The van der Waals surface area contributed by atoms with Gasteiger partial charge in [-0.2, -0.15) is 0 Å². The molecule has 53 heavy (non-hydrogen) atoms. The second kappa shape index (κ2) is 17.6. The van der Waals surface area contributed by atoms with E-state index in [0.29, 0.717) is 17.7 Å². The van der Waals surface area contributed by atoms with Gasteiger partial charge in [-0.3, -0.25) is 19.2 Å². The largest absolute Gasteiger partial charge is 0.496 e. The Hall–Kier alpha value is -5.13. The third-order valence-electron chi connectivity index (χ3n) is 9.26. The first-order valence-electron chi connectivity index (χ1n) is 17.6. The number of nitrogens with one attached hydrogen (secondary N) is 1. The van der Waals surface area contributed by atoms with Crippen LogP contribution >= 0.6 is 0 Å². The Kier molecular flexibility index (Phi) is 14.0. The third kappa shape index (κ3) is 11.2. The number of aryl methyl sites for hydroxylation is 1. The summed E-state index contributed by atoms with van der Waals surface area (Å²) in [6, 6.07) is 10.1. The van der Waals surface area contributed by atoms with Crippen LogP contribution in [0.4, 0.5) is 0 Å². The lowest BCUT2D eigenvalue weighted by atomic mass is 9.85. The molecule has 1 amide bonds. The van der Waals surface area contributed by atoms with Gasteiger partial charge in [-0.15, -0.1) is 0 Å². The summed E-state index contributed by atoms with van der Waals surface area (Å²) >= 11 is 0. The smallest absolute Gasteiger partial charge is 0.328 e. The number of carboxylic acid groups (broad SMARTS) is 1. The van der Waals surface area contributed by atoms with Gasteiger partial charge in [0, 0.05) is 32.8 Å². The fourth-order valence-corrected chi connectivity index (χ4v) is 5.88. The number of carbonyl (C=O) groups is 5. The van der Waals surface area contributed by atoms with Crippen LogP contribution in [-0.4, -0.2) is 59.7 Å². The van der Waals surface area contributed by atoms with Crippen LogP contribution in [0.1, 0.15) is 121 Å². The van der Waals surface area contributed by atoms with E-state index in [-0.39, 0.29) is 18.1 Å². The van der Waals surface area contributed by atoms with Crippen molar-refractivity contribution in [2.24, 2.45) is 5.41 Å². The molecular weight excluding hydrogens is 682 g/mol. The number of amides is 1. The van der Waals surface area contributed by atoms with Crippen LogP contribution in [0.2, 0.25) is 0 Å². The zero-order chi connectivity index (χ0) is 39.8. The van der Waals surface area contributed by atoms with Gasteiger partial charge in [-0.05, 0) is 93.3 Å². The molecule has 0 radical (unpaired) electrons. The summed E-state index contributed by atoms with van der Waals surface area (Å²) in [5, 5.41) is 12.0. The number of benzene rings is 2. The zero-order valence-corrected chi connectivity index (χ0v) is 32.6. The Bertz CT molecular complexity index is 1770. The van der Waals surface area contributed by atoms with Crippen LogP contribution in [0.3, 0.4) is 0 Å². The van der Waals surface area contributed by atoms with Gasteiger partial charge in [0.25, 0.3) is 0 Å². The Morgan fingerprint density at radius 1 is 0.981 bits per heavy atom. The van der Waals surface area contributed by atoms with Crippen LogP contribution < -0.4 is 10.1 Å². The Labute approximate surface area is 311 Å². The standard InChI is InChI=1S/C41H53NO11/c1-12-23(2)31-20-33(49-11)32(34-21-35(51-26(5)44)37(52-27(6)45)36(53-34)22-50-25(4)43)19-30(31)18-29-14-13-28(17-24(29)3)15-16-40(7,8)38(46)42-41(9,10)39(47)48/h13-17,19-20,22-23,34-35,37H,12,18,21H2,1-11H3,(H,42,46)(H,47,48)/b16-15+,36-22+/t23?,34-,35?,37+/m1/s1. The van der Waals surface area contributed by atoms with E-state index in [2.05, 4.69) is 19.2 Å². The first-order chi connectivity index (χ1) is 24.7. The van der Waals surface area contributed by atoms with Crippen LogP contribution in [0.5, 0.6) is 5.75 Å². The highest BCUT2D eigenvalue weighted by molar-refractivity contribution is 5.90. The molecule has 1 aliphatic rings. The van der Waals surface area contributed by atoms with E-state index in [4.69, 9.17) is 23.7 Å². The quantitative estimate of drug-likeness (QED) is 0.118. The van der Waals surface area contributed by atoms with Crippen molar-refractivity contribution in [3.8, 4) is 5.75 Å². The van der Waals surface area contributed by atoms with Crippen molar-refractivity contribution in [3.05, 3.63) is 81.8 Å². The lowest BCUT2D eigenvalue weighted by molar-refractivity contribution is -0.177. The van der Waals surface area contributed by atoms with Crippen LogP contribution in [-0.2, 0) is 49.3 Å². The van der Waals surface area contributed by atoms with Crippen LogP contribution in [0.25, 0.3) is 6.08 Å². The average molecular weight is 736 g/mol. The molecule has 1 saturated heterocycles. The molecule has 0 bridgehead atoms. The topological polar surface area (TPSA) is 164 Å². The number of methoxy groups -OCH3 is 1. The fourth-order valence-electron chi connectivity index (χ4n) is 5.88. The number of hydrogen-bond acceptors (Lipinski definition) is 10. The van der Waals surface area contributed by atoms with E-state index < -0.39 is 59.1 Å². The maximum atomic E-state index is 12.9. The average Bonchev–Trinajstić information content (AvgIpc) is 3.07. The number of esters is 3. The van der Waals surface area contributed by atoms with Crippen molar-refractivity contribution < 1.29 is 52.8 Å². The molecule has 2 aromatic rings. The number of ether oxygens (including phenoxy) is 5. The molecule has 3 rings (SSSR count). The number of aliphatic carboxylic acids is 1. The van der Waals surface area contributed by atoms with E-state index in [0.717, 1.165) is 40.5 Å². The molecule has 4 atom stereocenters. The zero-order valence-electron chi connectivity index (χ0n) is 32.6. The SMILES string of the molecule is CCC(C)c1cc(OC)c([C@H]2CC(OC(C)=O)[C@H](OC(C)=O)/C(=C\OC(C)=O)O2)cc1Cc1ccc(/C=C/C(C)(C)C(=O)NC(C)(C)C(=O)O)cc1C. The minimum absolute atomic E-state index is 0.0123. The van der Waals surface area contributed by atoms with Gasteiger partial charge >= 0.3 is 23.9 Å². The third-order valence-corrected chi connectivity index (χ3v) is 9.26. The molecule has 2 unspecified atom stereocenters. The molecule has 1 aliphatic heterocycles. The monoisotopic (exact) mass is 735 g/mol. The molecule has 2 aromatic carbocycles. The van der Waals surface area contributed by atoms with Gasteiger partial charge < -0.3 is 34.1 Å². The summed E-state index contributed by atoms with van der Waals surface area (Å²) in [4.78, 5) is 60.4. The van der Waals surface area contributed by atoms with E-state index >= 15 is 0 Å². The van der Waals surface area contributed by atoms with Crippen LogP contribution in [0.15, 0.2) is 48.4 Å². The molecule has 0 aliphatic carbocycles. The van der Waals surface area contributed by atoms with Crippen molar-refractivity contribution in [1.82, 2.24) is 5.32 Å². The predicted molar refractivity (Wildman–Crippen MR) is 198 cm³/mol. The van der Waals surface area contributed by atoms with Gasteiger partial charge in [0.1, 0.15) is 29.8 Å². The second-order valence-corrected chi connectivity index (χ2v) is 14.6. The van der Waals surface area contributed by atoms with Crippen molar-refractivity contribution in [1.29, 1.82) is 0 Å². The first kappa shape index (κ1) is 42.3. The lowest BCUT2D eigenvalue weighted by Crippen LogP contribution is -2.53. The van der Waals surface area contributed by atoms with E-state index in [1.807, 2.05) is 43.3 Å². The molecule has 0 spiro atoms. The fraction of sp³-hybridized carbons (Fsp3) is 0.488. The number of carboxylic acids is 1.